The first kappa shape index (κ1) is 12.1. The Bertz CT molecular complexity index is 305. The Morgan fingerprint density at radius 1 is 1.33 bits per heavy atom. The lowest BCUT2D eigenvalue weighted by Crippen LogP contribution is -2.21. The van der Waals surface area contributed by atoms with Crippen molar-refractivity contribution in [2.45, 2.75) is 12.4 Å². The lowest BCUT2D eigenvalue weighted by Gasteiger charge is -2.14. The molecule has 2 unspecified atom stereocenters. The van der Waals surface area contributed by atoms with Crippen molar-refractivity contribution in [2.75, 3.05) is 13.2 Å². The number of halogens is 1. The minimum atomic E-state index is -1.30. The molecule has 1 rings (SSSR count). The molecule has 84 valence electrons. The van der Waals surface area contributed by atoms with Crippen molar-refractivity contribution in [2.24, 2.45) is 0 Å². The molecule has 4 nitrogen and oxygen atoms in total. The Morgan fingerprint density at radius 3 is 2.67 bits per heavy atom. The molecule has 0 aliphatic heterocycles. The van der Waals surface area contributed by atoms with E-state index in [1.54, 1.807) is 0 Å². The van der Waals surface area contributed by atoms with Crippen molar-refractivity contribution in [3.63, 3.8) is 0 Å². The molecule has 0 saturated carbocycles. The summed E-state index contributed by atoms with van der Waals surface area (Å²) in [5.74, 6) is -0.474. The summed E-state index contributed by atoms with van der Waals surface area (Å²) in [4.78, 5) is 0. The van der Waals surface area contributed by atoms with Crippen LogP contribution in [0.4, 0.5) is 4.39 Å². The number of aliphatic hydroxyl groups excluding tert-OH is 3. The molecule has 1 aromatic carbocycles. The summed E-state index contributed by atoms with van der Waals surface area (Å²) < 4.78 is 17.6. The summed E-state index contributed by atoms with van der Waals surface area (Å²) in [6.07, 6.45) is -2.35. The van der Waals surface area contributed by atoms with E-state index in [0.29, 0.717) is 0 Å². The van der Waals surface area contributed by atoms with Crippen LogP contribution in [0.15, 0.2) is 24.3 Å². The molecule has 3 N–H and O–H groups in total. The van der Waals surface area contributed by atoms with E-state index in [9.17, 15) is 9.50 Å². The summed E-state index contributed by atoms with van der Waals surface area (Å²) in [6.45, 7) is -0.663. The van der Waals surface area contributed by atoms with E-state index in [0.717, 1.165) is 6.07 Å². The van der Waals surface area contributed by atoms with E-state index >= 15 is 0 Å². The number of benzene rings is 1. The highest BCUT2D eigenvalue weighted by molar-refractivity contribution is 5.17. The van der Waals surface area contributed by atoms with Gasteiger partial charge in [0.2, 0.25) is 0 Å². The average molecular weight is 216 g/mol. The third-order valence-electron chi connectivity index (χ3n) is 1.79. The van der Waals surface area contributed by atoms with Gasteiger partial charge in [0, 0.05) is 5.56 Å². The van der Waals surface area contributed by atoms with Crippen molar-refractivity contribution in [3.8, 4) is 0 Å². The Morgan fingerprint density at radius 2 is 2.07 bits per heavy atom. The number of hydrogen-bond acceptors (Lipinski definition) is 4. The maximum atomic E-state index is 12.7. The minimum absolute atomic E-state index is 0.214. The molecule has 0 saturated heterocycles. The van der Waals surface area contributed by atoms with E-state index in [2.05, 4.69) is 0 Å². The van der Waals surface area contributed by atoms with Gasteiger partial charge in [0.25, 0.3) is 0 Å². The maximum absolute atomic E-state index is 12.7. The smallest absolute Gasteiger partial charge is 0.181 e. The Hall–Kier alpha value is -1.01. The molecule has 0 fully saturated rings. The molecule has 0 aliphatic carbocycles. The SMILES string of the molecule is OCC(O)COC(O)c1cccc(F)c1. The van der Waals surface area contributed by atoms with Gasteiger partial charge >= 0.3 is 0 Å². The second-order valence-corrected chi connectivity index (χ2v) is 3.08. The number of ether oxygens (including phenoxy) is 1. The quantitative estimate of drug-likeness (QED) is 0.614. The number of rotatable bonds is 5. The zero-order valence-electron chi connectivity index (χ0n) is 8.01. The Labute approximate surface area is 86.6 Å². The molecule has 0 heterocycles. The fourth-order valence-electron chi connectivity index (χ4n) is 1.01. The van der Waals surface area contributed by atoms with Crippen molar-refractivity contribution >= 4 is 0 Å². The highest BCUT2D eigenvalue weighted by atomic mass is 19.1. The van der Waals surface area contributed by atoms with Crippen LogP contribution in [-0.4, -0.2) is 34.6 Å². The summed E-state index contributed by atoms with van der Waals surface area (Å²) in [6, 6.07) is 5.33. The van der Waals surface area contributed by atoms with Crippen LogP contribution >= 0.6 is 0 Å². The monoisotopic (exact) mass is 216 g/mol. The van der Waals surface area contributed by atoms with E-state index < -0.39 is 24.8 Å². The highest BCUT2D eigenvalue weighted by Crippen LogP contribution is 2.15. The van der Waals surface area contributed by atoms with Crippen molar-refractivity contribution in [3.05, 3.63) is 35.6 Å². The number of hydrogen-bond donors (Lipinski definition) is 3. The van der Waals surface area contributed by atoms with Crippen LogP contribution in [0, 0.1) is 5.82 Å². The largest absolute Gasteiger partial charge is 0.394 e. The molecule has 0 amide bonds. The van der Waals surface area contributed by atoms with Gasteiger partial charge < -0.3 is 20.1 Å². The zero-order valence-corrected chi connectivity index (χ0v) is 8.01. The van der Waals surface area contributed by atoms with Gasteiger partial charge in [-0.1, -0.05) is 12.1 Å². The summed E-state index contributed by atoms with van der Waals surface area (Å²) in [5.41, 5.74) is 0.264. The molecule has 0 spiro atoms. The van der Waals surface area contributed by atoms with Gasteiger partial charge in [-0.2, -0.15) is 0 Å². The van der Waals surface area contributed by atoms with Crippen LogP contribution < -0.4 is 0 Å². The zero-order chi connectivity index (χ0) is 11.3. The second-order valence-electron chi connectivity index (χ2n) is 3.08. The lowest BCUT2D eigenvalue weighted by molar-refractivity contribution is -0.130. The molecule has 2 atom stereocenters. The molecule has 5 heteroatoms. The molecule has 0 bridgehead atoms. The van der Waals surface area contributed by atoms with Crippen LogP contribution in [0.1, 0.15) is 11.9 Å². The average Bonchev–Trinajstić information content (AvgIpc) is 2.25. The maximum Gasteiger partial charge on any atom is 0.181 e. The molecule has 1 aromatic rings. The van der Waals surface area contributed by atoms with Crippen molar-refractivity contribution < 1.29 is 24.4 Å². The molecular formula is C10H13FO4. The first-order valence-corrected chi connectivity index (χ1v) is 4.47. The van der Waals surface area contributed by atoms with Crippen LogP contribution in [0.3, 0.4) is 0 Å². The van der Waals surface area contributed by atoms with Gasteiger partial charge in [0.1, 0.15) is 11.9 Å². The normalized spacial score (nSPS) is 14.9. The Kier molecular flexibility index (Phi) is 4.64. The molecular weight excluding hydrogens is 203 g/mol. The van der Waals surface area contributed by atoms with Crippen LogP contribution in [0.25, 0.3) is 0 Å². The summed E-state index contributed by atoms with van der Waals surface area (Å²) in [7, 11) is 0. The van der Waals surface area contributed by atoms with E-state index in [1.165, 1.54) is 18.2 Å². The van der Waals surface area contributed by atoms with Crippen LogP contribution in [0.5, 0.6) is 0 Å². The van der Waals surface area contributed by atoms with Gasteiger partial charge in [-0.15, -0.1) is 0 Å². The first-order valence-electron chi connectivity index (χ1n) is 4.47. The molecule has 0 aromatic heterocycles. The topological polar surface area (TPSA) is 69.9 Å². The third kappa shape index (κ3) is 3.93. The minimum Gasteiger partial charge on any atom is -0.394 e. The Balaban J connectivity index is 2.50. The third-order valence-corrected chi connectivity index (χ3v) is 1.79. The first-order chi connectivity index (χ1) is 7.13. The summed E-state index contributed by atoms with van der Waals surface area (Å²) >= 11 is 0. The van der Waals surface area contributed by atoms with Gasteiger partial charge in [0.05, 0.1) is 13.2 Å². The molecule has 0 aliphatic rings. The molecule has 15 heavy (non-hydrogen) atoms. The predicted molar refractivity (Wildman–Crippen MR) is 50.4 cm³/mol. The molecule has 0 radical (unpaired) electrons. The summed E-state index contributed by atoms with van der Waals surface area (Å²) in [5, 5.41) is 26.8. The van der Waals surface area contributed by atoms with Gasteiger partial charge in [0.15, 0.2) is 6.29 Å². The highest BCUT2D eigenvalue weighted by Gasteiger charge is 2.11. The fraction of sp³-hybridized carbons (Fsp3) is 0.400. The fourth-order valence-corrected chi connectivity index (χ4v) is 1.01. The van der Waals surface area contributed by atoms with Gasteiger partial charge in [-0.25, -0.2) is 4.39 Å². The second kappa shape index (κ2) is 5.77. The number of aliphatic hydroxyl groups is 3. The predicted octanol–water partition coefficient (Wildman–Crippen LogP) is 0.186. The van der Waals surface area contributed by atoms with Crippen LogP contribution in [-0.2, 0) is 4.74 Å². The standard InChI is InChI=1S/C10H13FO4/c11-8-3-1-2-7(4-8)10(14)15-6-9(13)5-12/h1-4,9-10,12-14H,5-6H2. The van der Waals surface area contributed by atoms with E-state index in [-0.39, 0.29) is 12.2 Å². The van der Waals surface area contributed by atoms with E-state index in [4.69, 9.17) is 14.9 Å². The van der Waals surface area contributed by atoms with E-state index in [1.807, 2.05) is 0 Å². The van der Waals surface area contributed by atoms with Crippen molar-refractivity contribution in [1.82, 2.24) is 0 Å². The van der Waals surface area contributed by atoms with Crippen LogP contribution in [0.2, 0.25) is 0 Å². The lowest BCUT2D eigenvalue weighted by atomic mass is 10.2. The van der Waals surface area contributed by atoms with Gasteiger partial charge in [-0.05, 0) is 12.1 Å². The van der Waals surface area contributed by atoms with Crippen molar-refractivity contribution in [1.29, 1.82) is 0 Å². The van der Waals surface area contributed by atoms with Gasteiger partial charge in [-0.3, -0.25) is 0 Å².